The number of carbonyl (C=O) groups is 2. The maximum Gasteiger partial charge on any atom is 0.307 e. The van der Waals surface area contributed by atoms with E-state index in [1.807, 2.05) is 49.4 Å². The highest BCUT2D eigenvalue weighted by Gasteiger charge is 2.26. The lowest BCUT2D eigenvalue weighted by atomic mass is 9.88. The van der Waals surface area contributed by atoms with Crippen LogP contribution in [0, 0.1) is 5.92 Å². The molecule has 0 bridgehead atoms. The maximum absolute atomic E-state index is 11.5. The third-order valence-electron chi connectivity index (χ3n) is 3.69. The average molecular weight is 302 g/mol. The minimum Gasteiger partial charge on any atom is -0.481 e. The van der Waals surface area contributed by atoms with Crippen LogP contribution < -0.4 is 0 Å². The van der Waals surface area contributed by atoms with Crippen LogP contribution in [0.15, 0.2) is 42.5 Å². The standard InChI is InChI=1S/C17H18O3S/c1-11(16(17(19)20)10-21-12(2)18)14-8-7-13-5-3-4-6-15(13)9-14/h3-9,11,16H,10H2,1-2H3,(H,19,20)/t11-,16-/m0/s1. The fourth-order valence-corrected chi connectivity index (χ4v) is 3.21. The van der Waals surface area contributed by atoms with Crippen molar-refractivity contribution in [2.75, 3.05) is 5.75 Å². The van der Waals surface area contributed by atoms with Gasteiger partial charge in [0.15, 0.2) is 5.12 Å². The molecule has 0 aromatic heterocycles. The highest BCUT2D eigenvalue weighted by atomic mass is 32.2. The second-order valence-electron chi connectivity index (χ2n) is 5.14. The van der Waals surface area contributed by atoms with Crippen molar-refractivity contribution in [1.29, 1.82) is 0 Å². The first-order valence-electron chi connectivity index (χ1n) is 6.84. The van der Waals surface area contributed by atoms with E-state index in [-0.39, 0.29) is 11.0 Å². The number of benzene rings is 2. The number of carbonyl (C=O) groups excluding carboxylic acids is 1. The van der Waals surface area contributed by atoms with Crippen molar-refractivity contribution < 1.29 is 14.7 Å². The Morgan fingerprint density at radius 1 is 1.14 bits per heavy atom. The molecule has 0 aliphatic carbocycles. The van der Waals surface area contributed by atoms with Crippen LogP contribution in [0.4, 0.5) is 0 Å². The van der Waals surface area contributed by atoms with Gasteiger partial charge in [0.2, 0.25) is 0 Å². The summed E-state index contributed by atoms with van der Waals surface area (Å²) in [7, 11) is 0. The number of fused-ring (bicyclic) bond motifs is 1. The van der Waals surface area contributed by atoms with Gasteiger partial charge in [-0.25, -0.2) is 0 Å². The highest BCUT2D eigenvalue weighted by molar-refractivity contribution is 8.13. The number of carboxylic acid groups (broad SMARTS) is 1. The number of hydrogen-bond acceptors (Lipinski definition) is 3. The first kappa shape index (κ1) is 15.6. The Hall–Kier alpha value is -1.81. The largest absolute Gasteiger partial charge is 0.481 e. The van der Waals surface area contributed by atoms with E-state index in [4.69, 9.17) is 0 Å². The first-order valence-corrected chi connectivity index (χ1v) is 7.82. The van der Waals surface area contributed by atoms with E-state index >= 15 is 0 Å². The van der Waals surface area contributed by atoms with Crippen LogP contribution in [0.25, 0.3) is 10.8 Å². The van der Waals surface area contributed by atoms with E-state index in [0.29, 0.717) is 5.75 Å². The van der Waals surface area contributed by atoms with Gasteiger partial charge in [-0.2, -0.15) is 0 Å². The molecule has 0 spiro atoms. The molecule has 0 heterocycles. The zero-order chi connectivity index (χ0) is 15.4. The number of thioether (sulfide) groups is 1. The lowest BCUT2D eigenvalue weighted by Crippen LogP contribution is -2.23. The van der Waals surface area contributed by atoms with Gasteiger partial charge >= 0.3 is 5.97 Å². The van der Waals surface area contributed by atoms with Gasteiger partial charge in [0, 0.05) is 12.7 Å². The summed E-state index contributed by atoms with van der Waals surface area (Å²) in [6.07, 6.45) is 0. The van der Waals surface area contributed by atoms with Crippen molar-refractivity contribution in [3.05, 3.63) is 48.0 Å². The first-order chi connectivity index (χ1) is 9.99. The molecular formula is C17H18O3S. The summed E-state index contributed by atoms with van der Waals surface area (Å²) < 4.78 is 0. The molecule has 1 N–H and O–H groups in total. The van der Waals surface area contributed by atoms with Gasteiger partial charge in [-0.1, -0.05) is 61.2 Å². The van der Waals surface area contributed by atoms with Gasteiger partial charge in [0.25, 0.3) is 0 Å². The van der Waals surface area contributed by atoms with Gasteiger partial charge in [-0.15, -0.1) is 0 Å². The second kappa shape index (κ2) is 6.76. The predicted molar refractivity (Wildman–Crippen MR) is 86.6 cm³/mol. The van der Waals surface area contributed by atoms with Crippen LogP contribution in [0.2, 0.25) is 0 Å². The van der Waals surface area contributed by atoms with E-state index in [9.17, 15) is 14.7 Å². The fourth-order valence-electron chi connectivity index (χ4n) is 2.36. The molecule has 0 aliphatic rings. The second-order valence-corrected chi connectivity index (χ2v) is 6.34. The molecule has 3 nitrogen and oxygen atoms in total. The average Bonchev–Trinajstić information content (AvgIpc) is 2.46. The molecule has 21 heavy (non-hydrogen) atoms. The summed E-state index contributed by atoms with van der Waals surface area (Å²) in [5.74, 6) is -1.26. The summed E-state index contributed by atoms with van der Waals surface area (Å²) in [6.45, 7) is 3.37. The quantitative estimate of drug-likeness (QED) is 0.909. The van der Waals surface area contributed by atoms with E-state index < -0.39 is 11.9 Å². The Labute approximate surface area is 128 Å². The minimum atomic E-state index is -0.857. The summed E-state index contributed by atoms with van der Waals surface area (Å²) in [4.78, 5) is 22.5. The molecule has 2 rings (SSSR count). The van der Waals surface area contributed by atoms with Gasteiger partial charge in [0.05, 0.1) is 5.92 Å². The third-order valence-corrected chi connectivity index (χ3v) is 4.62. The predicted octanol–water partition coefficient (Wildman–Crippen LogP) is 3.92. The molecule has 0 fully saturated rings. The third kappa shape index (κ3) is 3.85. The van der Waals surface area contributed by atoms with Crippen molar-refractivity contribution in [2.45, 2.75) is 19.8 Å². The monoisotopic (exact) mass is 302 g/mol. The van der Waals surface area contributed by atoms with Gasteiger partial charge in [-0.3, -0.25) is 9.59 Å². The molecule has 0 radical (unpaired) electrons. The summed E-state index contributed by atoms with van der Waals surface area (Å²) in [5, 5.41) is 11.6. The number of hydrogen-bond donors (Lipinski definition) is 1. The number of rotatable bonds is 5. The summed E-state index contributed by atoms with van der Waals surface area (Å²) >= 11 is 1.07. The minimum absolute atomic E-state index is 0.0491. The Bertz CT molecular complexity index is 666. The molecule has 2 atom stereocenters. The fraction of sp³-hybridized carbons (Fsp3) is 0.294. The smallest absolute Gasteiger partial charge is 0.307 e. The molecule has 0 saturated heterocycles. The van der Waals surface area contributed by atoms with Crippen molar-refractivity contribution in [2.24, 2.45) is 5.92 Å². The van der Waals surface area contributed by atoms with Gasteiger partial charge in [0.1, 0.15) is 0 Å². The van der Waals surface area contributed by atoms with Crippen LogP contribution >= 0.6 is 11.8 Å². The zero-order valence-electron chi connectivity index (χ0n) is 12.1. The topological polar surface area (TPSA) is 54.4 Å². The highest BCUT2D eigenvalue weighted by Crippen LogP contribution is 2.30. The molecule has 0 aliphatic heterocycles. The lowest BCUT2D eigenvalue weighted by molar-refractivity contribution is -0.141. The Morgan fingerprint density at radius 3 is 2.43 bits per heavy atom. The summed E-state index contributed by atoms with van der Waals surface area (Å²) in [6, 6.07) is 14.0. The van der Waals surface area contributed by atoms with Gasteiger partial charge in [-0.05, 0) is 22.3 Å². The van der Waals surface area contributed by atoms with Gasteiger partial charge < -0.3 is 5.11 Å². The Kier molecular flexibility index (Phi) is 5.02. The Morgan fingerprint density at radius 2 is 1.81 bits per heavy atom. The maximum atomic E-state index is 11.5. The normalized spacial score (nSPS) is 13.8. The molecule has 0 unspecified atom stereocenters. The molecule has 4 heteroatoms. The number of aliphatic carboxylic acids is 1. The van der Waals surface area contributed by atoms with E-state index in [1.54, 1.807) is 0 Å². The lowest BCUT2D eigenvalue weighted by Gasteiger charge is -2.20. The van der Waals surface area contributed by atoms with Crippen molar-refractivity contribution in [3.63, 3.8) is 0 Å². The van der Waals surface area contributed by atoms with Crippen LogP contribution in [0.1, 0.15) is 25.3 Å². The van der Waals surface area contributed by atoms with Crippen molar-refractivity contribution in [1.82, 2.24) is 0 Å². The van der Waals surface area contributed by atoms with E-state index in [2.05, 4.69) is 0 Å². The molecule has 110 valence electrons. The molecule has 2 aromatic rings. The molecular weight excluding hydrogens is 284 g/mol. The Balaban J connectivity index is 2.27. The van der Waals surface area contributed by atoms with Crippen LogP contribution in [-0.2, 0) is 9.59 Å². The molecule has 2 aromatic carbocycles. The number of carboxylic acids is 1. The molecule has 0 saturated carbocycles. The van der Waals surface area contributed by atoms with Crippen LogP contribution in [0.3, 0.4) is 0 Å². The van der Waals surface area contributed by atoms with E-state index in [0.717, 1.165) is 28.1 Å². The summed E-state index contributed by atoms with van der Waals surface area (Å²) in [5.41, 5.74) is 0.991. The SMILES string of the molecule is CC(=O)SC[C@H](C(=O)O)[C@@H](C)c1ccc2ccccc2c1. The zero-order valence-corrected chi connectivity index (χ0v) is 12.9. The van der Waals surface area contributed by atoms with Crippen molar-refractivity contribution in [3.8, 4) is 0 Å². The van der Waals surface area contributed by atoms with Crippen molar-refractivity contribution >= 4 is 33.6 Å². The van der Waals surface area contributed by atoms with Crippen LogP contribution in [-0.4, -0.2) is 21.9 Å². The molecule has 0 amide bonds. The van der Waals surface area contributed by atoms with Crippen LogP contribution in [0.5, 0.6) is 0 Å². The van der Waals surface area contributed by atoms with E-state index in [1.165, 1.54) is 6.92 Å².